The molecular formula is C85H88N4OPt-2. The van der Waals surface area contributed by atoms with E-state index in [-0.39, 0.29) is 76.1 Å². The average Bonchev–Trinajstić information content (AvgIpc) is 1.64. The summed E-state index contributed by atoms with van der Waals surface area (Å²) in [6.07, 6.45) is 5.31. The SMILES string of the molecule is [2H]c1c([2H])c([2H])c(-c2cnc(-n3c4[c-]c(Oc5[c-]c(-n6[c-][n+](-c7c(-c8cc(C(C)(C)C)cc(C(C)(C)C)c8)cc(C(C)(C)C)cc7-c7cc(C(C)(C)C)cc(C(C)(C)C)c7)c7ccc(-c8ccc(C(C)(C)C)cc8)cc76)ccc5)ccc4c4ccccc43)cc2C([2H])([2H])[2H])c([2H])c1[2H].[Pt]. The van der Waals surface area contributed by atoms with Crippen molar-refractivity contribution in [2.45, 2.75) is 164 Å². The maximum atomic E-state index is 8.76. The van der Waals surface area contributed by atoms with E-state index in [2.05, 4.69) is 243 Å². The van der Waals surface area contributed by atoms with Crippen LogP contribution in [0, 0.1) is 25.3 Å². The number of rotatable bonds is 9. The average molecular weight is 1380 g/mol. The summed E-state index contributed by atoms with van der Waals surface area (Å²) in [5.74, 6) is 0.980. The number of para-hydroxylation sites is 1. The van der Waals surface area contributed by atoms with Gasteiger partial charge in [0.25, 0.3) is 6.33 Å². The molecule has 0 unspecified atom stereocenters. The second kappa shape index (κ2) is 23.5. The van der Waals surface area contributed by atoms with Crippen LogP contribution in [0.2, 0.25) is 0 Å². The van der Waals surface area contributed by atoms with Gasteiger partial charge in [0.05, 0.1) is 23.6 Å². The molecule has 0 aliphatic rings. The standard InChI is InChI=1S/C85H88N4O.Pt/c1-54-40-78(86-52-73(54)56-26-21-20-22-27-56)89-74-31-24-23-30-69(74)70-38-37-68(51-76(70)89)90-67-29-25-28-66(50-67)87-53-88(75-39-34-57(45-77(75)87)55-32-35-60(36-33-55)80(2,3)4)79-71(58-41-61(81(5,6)7)46-62(42-58)82(8,9)10)48-65(85(17,18)19)49-72(79)59-43-63(83(11,12)13)47-64(44-59)84(14,15)16;/h20-49,52H,1-19H3;/q-2;/i1D3,20D,21D,22D,26D,27D;. The molecule has 0 aliphatic carbocycles. The van der Waals surface area contributed by atoms with Crippen LogP contribution in [-0.2, 0) is 53.6 Å². The molecule has 9 aromatic carbocycles. The molecule has 0 fully saturated rings. The minimum Gasteiger partial charge on any atom is -0.510 e. The Hall–Kier alpha value is -8.11. The first kappa shape index (κ1) is 54.6. The third-order valence-corrected chi connectivity index (χ3v) is 17.6. The molecule has 0 atom stereocenters. The van der Waals surface area contributed by atoms with E-state index in [1.54, 1.807) is 0 Å². The van der Waals surface area contributed by atoms with Gasteiger partial charge in [0.15, 0.2) is 0 Å². The number of hydrogen-bond donors (Lipinski definition) is 0. The summed E-state index contributed by atoms with van der Waals surface area (Å²) in [6.45, 7) is 38.4. The van der Waals surface area contributed by atoms with Crippen molar-refractivity contribution < 1.29 is 41.3 Å². The molecule has 3 aromatic heterocycles. The van der Waals surface area contributed by atoms with E-state index in [1.165, 1.54) is 45.6 Å². The van der Waals surface area contributed by atoms with Gasteiger partial charge in [-0.25, -0.2) is 4.98 Å². The van der Waals surface area contributed by atoms with E-state index in [4.69, 9.17) is 20.7 Å². The minimum atomic E-state index is -2.78. The van der Waals surface area contributed by atoms with E-state index in [0.29, 0.717) is 28.2 Å². The fraction of sp³-hybridized carbons (Fsp3) is 0.294. The van der Waals surface area contributed by atoms with Gasteiger partial charge in [0, 0.05) is 54.0 Å². The van der Waals surface area contributed by atoms with Crippen LogP contribution in [0.15, 0.2) is 188 Å². The van der Waals surface area contributed by atoms with Gasteiger partial charge in [-0.15, -0.1) is 29.7 Å². The normalized spacial score (nSPS) is 14.1. The molecule has 466 valence electrons. The van der Waals surface area contributed by atoms with Crippen molar-refractivity contribution in [3.63, 3.8) is 0 Å². The van der Waals surface area contributed by atoms with Gasteiger partial charge >= 0.3 is 0 Å². The molecule has 12 rings (SSSR count). The van der Waals surface area contributed by atoms with Crippen molar-refractivity contribution in [3.8, 4) is 73.2 Å². The first-order valence-electron chi connectivity index (χ1n) is 35.4. The molecule has 91 heavy (non-hydrogen) atoms. The quantitative estimate of drug-likeness (QED) is 0.107. The third-order valence-electron chi connectivity index (χ3n) is 17.6. The molecule has 12 aromatic rings. The van der Waals surface area contributed by atoms with Crippen LogP contribution in [0.3, 0.4) is 0 Å². The van der Waals surface area contributed by atoms with Crippen molar-refractivity contribution in [3.05, 3.63) is 245 Å². The first-order chi connectivity index (χ1) is 45.6. The third kappa shape index (κ3) is 12.8. The van der Waals surface area contributed by atoms with Crippen LogP contribution in [0.25, 0.3) is 94.5 Å². The van der Waals surface area contributed by atoms with E-state index in [9.17, 15) is 0 Å². The van der Waals surface area contributed by atoms with Gasteiger partial charge < -0.3 is 13.9 Å². The molecule has 0 radical (unpaired) electrons. The maximum absolute atomic E-state index is 8.76. The van der Waals surface area contributed by atoms with Gasteiger partial charge in [-0.2, -0.15) is 18.2 Å². The Kier molecular flexibility index (Phi) is 14.1. The largest absolute Gasteiger partial charge is 0.510 e. The summed E-state index contributed by atoms with van der Waals surface area (Å²) < 4.78 is 81.8. The monoisotopic (exact) mass is 1380 g/mol. The minimum absolute atomic E-state index is 0. The zero-order chi connectivity index (χ0) is 71.1. The van der Waals surface area contributed by atoms with Crippen LogP contribution in [0.4, 0.5) is 0 Å². The van der Waals surface area contributed by atoms with E-state index >= 15 is 0 Å². The fourth-order valence-corrected chi connectivity index (χ4v) is 11.9. The Labute approximate surface area is 567 Å². The molecule has 0 N–H and O–H groups in total. The van der Waals surface area contributed by atoms with Gasteiger partial charge in [-0.1, -0.05) is 263 Å². The number of ether oxygens (including phenoxy) is 1. The molecule has 5 nitrogen and oxygen atoms in total. The molecule has 0 bridgehead atoms. The second-order valence-electron chi connectivity index (χ2n) is 30.6. The van der Waals surface area contributed by atoms with Crippen molar-refractivity contribution in [2.75, 3.05) is 0 Å². The first-order valence-corrected chi connectivity index (χ1v) is 31.4. The number of imidazole rings is 1. The summed E-state index contributed by atoms with van der Waals surface area (Å²) in [5, 5.41) is 1.65. The second-order valence-corrected chi connectivity index (χ2v) is 30.6. The molecule has 0 saturated heterocycles. The Morgan fingerprint density at radius 2 is 0.989 bits per heavy atom. The molecule has 6 heteroatoms. The van der Waals surface area contributed by atoms with Crippen molar-refractivity contribution >= 4 is 32.8 Å². The van der Waals surface area contributed by atoms with Gasteiger partial charge in [0.1, 0.15) is 5.82 Å². The Morgan fingerprint density at radius 3 is 1.55 bits per heavy atom. The van der Waals surface area contributed by atoms with E-state index in [1.807, 2.05) is 59.2 Å². The van der Waals surface area contributed by atoms with Gasteiger partial charge in [-0.3, -0.25) is 4.57 Å². The van der Waals surface area contributed by atoms with Crippen LogP contribution >= 0.6 is 0 Å². The Bertz CT molecular complexity index is 4980. The molecule has 0 aliphatic heterocycles. The summed E-state index contributed by atoms with van der Waals surface area (Å²) in [7, 11) is 0. The molecular weight excluding hydrogens is 1290 g/mol. The van der Waals surface area contributed by atoms with Crippen molar-refractivity contribution in [2.24, 2.45) is 0 Å². The summed E-state index contributed by atoms with van der Waals surface area (Å²) in [6, 6.07) is 58.1. The zero-order valence-corrected chi connectivity index (χ0v) is 58.3. The Balaban J connectivity index is 0.00000990. The van der Waals surface area contributed by atoms with Crippen molar-refractivity contribution in [1.29, 1.82) is 0 Å². The number of nitrogens with zero attached hydrogens (tertiary/aromatic N) is 4. The van der Waals surface area contributed by atoms with Crippen LogP contribution in [0.1, 0.15) is 175 Å². The molecule has 0 saturated carbocycles. The van der Waals surface area contributed by atoms with Crippen LogP contribution < -0.4 is 9.30 Å². The Morgan fingerprint density at radius 1 is 0.451 bits per heavy atom. The van der Waals surface area contributed by atoms with E-state index < -0.39 is 37.1 Å². The predicted octanol–water partition coefficient (Wildman–Crippen LogP) is 22.4. The molecule has 0 amide bonds. The van der Waals surface area contributed by atoms with Crippen LogP contribution in [0.5, 0.6) is 11.5 Å². The van der Waals surface area contributed by atoms with E-state index in [0.717, 1.165) is 60.9 Å². The number of benzene rings is 9. The molecule has 0 spiro atoms. The summed E-state index contributed by atoms with van der Waals surface area (Å²) in [4.78, 5) is 4.80. The maximum Gasteiger partial charge on any atom is 0.268 e. The number of fused-ring (bicyclic) bond motifs is 4. The summed E-state index contributed by atoms with van der Waals surface area (Å²) in [5.41, 5.74) is 17.3. The number of aromatic nitrogens is 4. The number of hydrogen-bond acceptors (Lipinski definition) is 2. The van der Waals surface area contributed by atoms with Crippen molar-refractivity contribution in [1.82, 2.24) is 14.1 Å². The smallest absolute Gasteiger partial charge is 0.268 e. The van der Waals surface area contributed by atoms with Gasteiger partial charge in [0.2, 0.25) is 0 Å². The number of aryl methyl sites for hydroxylation is 1. The fourth-order valence-electron chi connectivity index (χ4n) is 11.9. The van der Waals surface area contributed by atoms with Gasteiger partial charge in [-0.05, 0) is 147 Å². The predicted molar refractivity (Wildman–Crippen MR) is 379 cm³/mol. The topological polar surface area (TPSA) is 35.9 Å². The molecule has 3 heterocycles. The summed E-state index contributed by atoms with van der Waals surface area (Å²) >= 11 is 0. The zero-order valence-electron chi connectivity index (χ0n) is 64.0. The number of pyridine rings is 1. The van der Waals surface area contributed by atoms with Crippen LogP contribution in [-0.4, -0.2) is 14.1 Å².